The lowest BCUT2D eigenvalue weighted by Gasteiger charge is -2.38. The minimum Gasteiger partial charge on any atom is -0.337 e. The van der Waals surface area contributed by atoms with Crippen molar-refractivity contribution in [3.8, 4) is 0 Å². The summed E-state index contributed by atoms with van der Waals surface area (Å²) in [6.45, 7) is 3.71. The average Bonchev–Trinajstić information content (AvgIpc) is 2.74. The smallest absolute Gasteiger partial charge is 0.242 e. The number of hydrogen-bond acceptors (Lipinski definition) is 4. The van der Waals surface area contributed by atoms with E-state index in [1.54, 1.807) is 16.7 Å². The van der Waals surface area contributed by atoms with Gasteiger partial charge in [0.15, 0.2) is 0 Å². The number of thioether (sulfide) groups is 1. The number of hydrogen-bond donors (Lipinski definition) is 1. The van der Waals surface area contributed by atoms with Crippen molar-refractivity contribution in [3.63, 3.8) is 0 Å². The Bertz CT molecular complexity index is 337. The van der Waals surface area contributed by atoms with Crippen LogP contribution >= 0.6 is 11.8 Å². The summed E-state index contributed by atoms with van der Waals surface area (Å²) in [4.78, 5) is 27.3. The summed E-state index contributed by atoms with van der Waals surface area (Å²) in [6.07, 6.45) is 2.01. The number of nitrogens with two attached hydrogens (primary N) is 1. The molecule has 2 aliphatic rings. The van der Waals surface area contributed by atoms with E-state index in [-0.39, 0.29) is 24.4 Å². The molecule has 0 aliphatic carbocycles. The third-order valence-electron chi connectivity index (χ3n) is 3.72. The van der Waals surface area contributed by atoms with Crippen LogP contribution in [0.4, 0.5) is 0 Å². The van der Waals surface area contributed by atoms with Gasteiger partial charge in [-0.2, -0.15) is 0 Å². The van der Waals surface area contributed by atoms with Gasteiger partial charge in [-0.3, -0.25) is 9.59 Å². The number of piperidine rings is 1. The van der Waals surface area contributed by atoms with Crippen molar-refractivity contribution in [1.29, 1.82) is 0 Å². The number of likely N-dealkylation sites (tertiary alicyclic amines) is 1. The van der Waals surface area contributed by atoms with Gasteiger partial charge >= 0.3 is 0 Å². The summed E-state index contributed by atoms with van der Waals surface area (Å²) in [6, 6.07) is 0.145. The Kier molecular flexibility index (Phi) is 4.50. The molecule has 2 saturated heterocycles. The van der Waals surface area contributed by atoms with Crippen LogP contribution in [0.5, 0.6) is 0 Å². The molecule has 2 rings (SSSR count). The molecule has 0 spiro atoms. The van der Waals surface area contributed by atoms with Gasteiger partial charge in [0.2, 0.25) is 11.8 Å². The zero-order valence-corrected chi connectivity index (χ0v) is 11.6. The van der Waals surface area contributed by atoms with Crippen LogP contribution in [0, 0.1) is 5.92 Å². The van der Waals surface area contributed by atoms with Gasteiger partial charge in [-0.15, -0.1) is 11.8 Å². The molecular weight excluding hydrogens is 250 g/mol. The van der Waals surface area contributed by atoms with Crippen molar-refractivity contribution in [2.75, 3.05) is 31.3 Å². The van der Waals surface area contributed by atoms with E-state index in [2.05, 4.69) is 6.92 Å². The Morgan fingerprint density at radius 1 is 1.56 bits per heavy atom. The van der Waals surface area contributed by atoms with Crippen LogP contribution < -0.4 is 5.73 Å². The van der Waals surface area contributed by atoms with Crippen molar-refractivity contribution in [2.45, 2.75) is 25.8 Å². The van der Waals surface area contributed by atoms with Gasteiger partial charge in [-0.25, -0.2) is 0 Å². The van der Waals surface area contributed by atoms with Crippen molar-refractivity contribution < 1.29 is 9.59 Å². The lowest BCUT2D eigenvalue weighted by Crippen LogP contribution is -2.52. The van der Waals surface area contributed by atoms with Crippen LogP contribution in [0.25, 0.3) is 0 Å². The molecule has 0 aromatic rings. The summed E-state index contributed by atoms with van der Waals surface area (Å²) in [5, 5.41) is 0. The first-order valence-corrected chi connectivity index (χ1v) is 7.62. The fourth-order valence-electron chi connectivity index (χ4n) is 2.60. The van der Waals surface area contributed by atoms with Crippen LogP contribution in [-0.2, 0) is 9.59 Å². The number of amides is 2. The second-order valence-corrected chi connectivity index (χ2v) is 6.13. The first-order chi connectivity index (χ1) is 8.61. The van der Waals surface area contributed by atoms with E-state index in [1.807, 2.05) is 4.90 Å². The first kappa shape index (κ1) is 13.7. The second kappa shape index (κ2) is 5.93. The van der Waals surface area contributed by atoms with Crippen molar-refractivity contribution >= 4 is 23.6 Å². The highest BCUT2D eigenvalue weighted by Gasteiger charge is 2.31. The van der Waals surface area contributed by atoms with Crippen molar-refractivity contribution in [1.82, 2.24) is 9.80 Å². The molecule has 2 aliphatic heterocycles. The van der Waals surface area contributed by atoms with E-state index in [9.17, 15) is 9.59 Å². The number of nitrogens with zero attached hydrogens (tertiary/aromatic N) is 2. The summed E-state index contributed by atoms with van der Waals surface area (Å²) < 4.78 is 0. The molecule has 0 radical (unpaired) electrons. The maximum atomic E-state index is 12.2. The molecule has 0 aromatic heterocycles. The quantitative estimate of drug-likeness (QED) is 0.791. The molecule has 0 saturated carbocycles. The Morgan fingerprint density at radius 2 is 2.33 bits per heavy atom. The van der Waals surface area contributed by atoms with Crippen molar-refractivity contribution in [3.05, 3.63) is 0 Å². The highest BCUT2D eigenvalue weighted by atomic mass is 32.2. The topological polar surface area (TPSA) is 66.6 Å². The zero-order chi connectivity index (χ0) is 13.1. The monoisotopic (exact) mass is 271 g/mol. The fraction of sp³-hybridized carbons (Fsp3) is 0.833. The van der Waals surface area contributed by atoms with E-state index in [1.165, 1.54) is 0 Å². The van der Waals surface area contributed by atoms with E-state index >= 15 is 0 Å². The normalized spacial score (nSPS) is 28.9. The molecule has 102 valence electrons. The lowest BCUT2D eigenvalue weighted by molar-refractivity contribution is -0.140. The van der Waals surface area contributed by atoms with Crippen LogP contribution in [0.3, 0.4) is 0 Å². The molecule has 2 unspecified atom stereocenters. The van der Waals surface area contributed by atoms with E-state index in [0.29, 0.717) is 24.1 Å². The predicted molar refractivity (Wildman–Crippen MR) is 72.0 cm³/mol. The van der Waals surface area contributed by atoms with Gasteiger partial charge < -0.3 is 15.5 Å². The summed E-state index contributed by atoms with van der Waals surface area (Å²) in [5.41, 5.74) is 5.75. The first-order valence-electron chi connectivity index (χ1n) is 6.47. The molecular formula is C12H21N3O2S. The Hall–Kier alpha value is -0.750. The standard InChI is InChI=1S/C12H21N3O2S/c1-9-2-3-15(10(4-9)5-13)11(16)6-14-8-18-7-12(14)17/h9-10H,2-8,13H2,1H3. The van der Waals surface area contributed by atoms with Crippen molar-refractivity contribution in [2.24, 2.45) is 11.7 Å². The van der Waals surface area contributed by atoms with Gasteiger partial charge in [0.1, 0.15) is 6.54 Å². The van der Waals surface area contributed by atoms with E-state index in [4.69, 9.17) is 5.73 Å². The maximum absolute atomic E-state index is 12.2. The van der Waals surface area contributed by atoms with Gasteiger partial charge in [0.25, 0.3) is 0 Å². The zero-order valence-electron chi connectivity index (χ0n) is 10.8. The summed E-state index contributed by atoms with van der Waals surface area (Å²) in [7, 11) is 0. The molecule has 2 N–H and O–H groups in total. The third kappa shape index (κ3) is 2.98. The molecule has 2 atom stereocenters. The summed E-state index contributed by atoms with van der Waals surface area (Å²) >= 11 is 1.57. The fourth-order valence-corrected chi connectivity index (χ4v) is 3.50. The molecule has 0 aromatic carbocycles. The Balaban J connectivity index is 1.93. The molecule has 5 nitrogen and oxygen atoms in total. The van der Waals surface area contributed by atoms with Gasteiger partial charge in [-0.1, -0.05) is 6.92 Å². The molecule has 2 fully saturated rings. The number of carbonyl (C=O) groups is 2. The SMILES string of the molecule is CC1CCN(C(=O)CN2CSCC2=O)C(CN)C1. The van der Waals surface area contributed by atoms with Crippen LogP contribution in [0.2, 0.25) is 0 Å². The van der Waals surface area contributed by atoms with Gasteiger partial charge in [0.05, 0.1) is 11.6 Å². The largest absolute Gasteiger partial charge is 0.337 e. The highest BCUT2D eigenvalue weighted by molar-refractivity contribution is 8.00. The summed E-state index contributed by atoms with van der Waals surface area (Å²) in [5.74, 6) is 1.90. The molecule has 6 heteroatoms. The predicted octanol–water partition coefficient (Wildman–Crippen LogP) is 0.105. The average molecular weight is 271 g/mol. The van der Waals surface area contributed by atoms with Crippen LogP contribution in [-0.4, -0.2) is 58.9 Å². The second-order valence-electron chi connectivity index (χ2n) is 5.18. The minimum atomic E-state index is 0.0493. The Morgan fingerprint density at radius 3 is 2.94 bits per heavy atom. The van der Waals surface area contributed by atoms with E-state index in [0.717, 1.165) is 19.4 Å². The highest BCUT2D eigenvalue weighted by Crippen LogP contribution is 2.23. The van der Waals surface area contributed by atoms with Crippen LogP contribution in [0.1, 0.15) is 19.8 Å². The molecule has 18 heavy (non-hydrogen) atoms. The lowest BCUT2D eigenvalue weighted by atomic mass is 9.92. The van der Waals surface area contributed by atoms with Gasteiger partial charge in [0, 0.05) is 19.1 Å². The molecule has 0 bridgehead atoms. The number of rotatable bonds is 3. The van der Waals surface area contributed by atoms with Crippen LogP contribution in [0.15, 0.2) is 0 Å². The van der Waals surface area contributed by atoms with Gasteiger partial charge in [-0.05, 0) is 18.8 Å². The third-order valence-corrected chi connectivity index (χ3v) is 4.67. The number of carbonyl (C=O) groups excluding carboxylic acids is 2. The Labute approximate surface area is 112 Å². The minimum absolute atomic E-state index is 0.0493. The van der Waals surface area contributed by atoms with E-state index < -0.39 is 0 Å². The maximum Gasteiger partial charge on any atom is 0.242 e. The molecule has 2 heterocycles. The molecule has 2 amide bonds.